The molecule has 3 aliphatic carbocycles. The van der Waals surface area contributed by atoms with Gasteiger partial charge in [-0.2, -0.15) is 0 Å². The average molecular weight is 749 g/mol. The Morgan fingerprint density at radius 2 is 1.30 bits per heavy atom. The predicted molar refractivity (Wildman–Crippen MR) is 233 cm³/mol. The number of allylic oxidation sites excluding steroid dienone is 7. The highest BCUT2D eigenvalue weighted by molar-refractivity contribution is 8.00. The number of nitrogens with zero attached hydrogens (tertiary/aromatic N) is 2. The molecule has 3 atom stereocenters. The fourth-order valence-corrected chi connectivity index (χ4v) is 11.3. The van der Waals surface area contributed by atoms with Gasteiger partial charge in [-0.1, -0.05) is 158 Å². The number of hydrogen-bond donors (Lipinski definition) is 0. The molecule has 0 amide bonds. The minimum Gasteiger partial charge on any atom is -0.457 e. The van der Waals surface area contributed by atoms with Crippen LogP contribution in [0.15, 0.2) is 193 Å². The standard InChI is InChI=1S/C53H36N2OS/c1-2-14-33(15-3-1)46-32-47(35-26-28-40-39-19-8-13-25-50(39)57-51(40)31-35)55-52(54-46)41-20-5-4-16-36(41)34-27-29-45-49(30-34)56-48-24-12-11-23-44(48)53(45)42-21-9-6-17-37(42)38-18-7-10-22-43(38)53/h1-6,8-17,19-32,39,50H,7,18H2. The Morgan fingerprint density at radius 1 is 0.579 bits per heavy atom. The molecule has 0 saturated carbocycles. The highest BCUT2D eigenvalue weighted by Crippen LogP contribution is 2.63. The second kappa shape index (κ2) is 12.8. The van der Waals surface area contributed by atoms with Gasteiger partial charge in [0.25, 0.3) is 0 Å². The molecule has 0 fully saturated rings. The van der Waals surface area contributed by atoms with Crippen molar-refractivity contribution in [3.05, 3.63) is 215 Å². The summed E-state index contributed by atoms with van der Waals surface area (Å²) in [5, 5.41) is 0.443. The molecule has 2 aliphatic heterocycles. The van der Waals surface area contributed by atoms with Crippen molar-refractivity contribution >= 4 is 17.3 Å². The minimum absolute atomic E-state index is 0.419. The maximum Gasteiger partial charge on any atom is 0.161 e. The second-order valence-electron chi connectivity index (χ2n) is 15.4. The van der Waals surface area contributed by atoms with Crippen molar-refractivity contribution in [3.63, 3.8) is 0 Å². The van der Waals surface area contributed by atoms with Crippen LogP contribution in [-0.2, 0) is 5.41 Å². The molecule has 3 unspecified atom stereocenters. The minimum atomic E-state index is -0.453. The van der Waals surface area contributed by atoms with E-state index in [4.69, 9.17) is 14.7 Å². The van der Waals surface area contributed by atoms with Crippen molar-refractivity contribution < 1.29 is 4.74 Å². The normalized spacial score (nSPS) is 20.4. The zero-order valence-corrected chi connectivity index (χ0v) is 31.9. The third-order valence-corrected chi connectivity index (χ3v) is 13.7. The lowest BCUT2D eigenvalue weighted by Crippen LogP contribution is -2.33. The number of rotatable bonds is 4. The molecular formula is C53H36N2OS. The van der Waals surface area contributed by atoms with E-state index in [-0.39, 0.29) is 0 Å². The molecule has 3 nitrogen and oxygen atoms in total. The van der Waals surface area contributed by atoms with E-state index in [9.17, 15) is 0 Å². The lowest BCUT2D eigenvalue weighted by Gasteiger charge is -2.40. The average Bonchev–Trinajstić information content (AvgIpc) is 3.80. The summed E-state index contributed by atoms with van der Waals surface area (Å²) >= 11 is 1.95. The van der Waals surface area contributed by atoms with Crippen molar-refractivity contribution in [2.75, 3.05) is 0 Å². The molecule has 5 aliphatic rings. The van der Waals surface area contributed by atoms with E-state index in [1.54, 1.807) is 0 Å². The number of hydrogen-bond acceptors (Lipinski definition) is 4. The fraction of sp³-hybridized carbons (Fsp3) is 0.0943. The van der Waals surface area contributed by atoms with Crippen LogP contribution in [0.2, 0.25) is 0 Å². The van der Waals surface area contributed by atoms with Crippen LogP contribution < -0.4 is 4.74 Å². The summed E-state index contributed by atoms with van der Waals surface area (Å²) in [6.45, 7) is 0. The number of benzene rings is 6. The SMILES string of the molecule is C1=CC2Sc3cc(-c4cc(-c5ccccc5)nc(-c5ccccc5-c5ccc6c(c5)Oc5ccccc5C65C6=C(CCC=C6)c6ccccc65)n4)ccc3C2C=C1. The van der Waals surface area contributed by atoms with E-state index in [0.29, 0.717) is 17.0 Å². The molecule has 0 bridgehead atoms. The summed E-state index contributed by atoms with van der Waals surface area (Å²) in [6, 6.07) is 52.4. The first-order chi connectivity index (χ1) is 28.2. The van der Waals surface area contributed by atoms with E-state index >= 15 is 0 Å². The molecule has 1 aromatic heterocycles. The second-order valence-corrected chi connectivity index (χ2v) is 16.7. The lowest BCUT2D eigenvalue weighted by atomic mass is 9.64. The molecule has 0 radical (unpaired) electrons. The van der Waals surface area contributed by atoms with Gasteiger partial charge in [0.2, 0.25) is 0 Å². The maximum absolute atomic E-state index is 6.90. The largest absolute Gasteiger partial charge is 0.457 e. The Hall–Kier alpha value is -6.49. The van der Waals surface area contributed by atoms with Gasteiger partial charge in [0.15, 0.2) is 5.82 Å². The Kier molecular flexibility index (Phi) is 7.33. The molecule has 0 saturated heterocycles. The topological polar surface area (TPSA) is 35.0 Å². The molecular weight excluding hydrogens is 713 g/mol. The van der Waals surface area contributed by atoms with Gasteiger partial charge in [-0.05, 0) is 76.1 Å². The van der Waals surface area contributed by atoms with Gasteiger partial charge >= 0.3 is 0 Å². The van der Waals surface area contributed by atoms with Crippen LogP contribution in [0.25, 0.3) is 50.6 Å². The van der Waals surface area contributed by atoms with Crippen LogP contribution in [0.5, 0.6) is 11.5 Å². The predicted octanol–water partition coefficient (Wildman–Crippen LogP) is 13.4. The molecule has 4 heteroatoms. The summed E-state index contributed by atoms with van der Waals surface area (Å²) < 4.78 is 6.90. The first-order valence-corrected chi connectivity index (χ1v) is 20.7. The van der Waals surface area contributed by atoms with Gasteiger partial charge in [-0.3, -0.25) is 0 Å². The molecule has 1 spiro atoms. The van der Waals surface area contributed by atoms with E-state index in [0.717, 1.165) is 63.5 Å². The van der Waals surface area contributed by atoms with Gasteiger partial charge in [-0.15, -0.1) is 11.8 Å². The Labute approximate surface area is 336 Å². The van der Waals surface area contributed by atoms with Gasteiger partial charge in [0.05, 0.1) is 16.8 Å². The molecule has 0 N–H and O–H groups in total. The highest BCUT2D eigenvalue weighted by Gasteiger charge is 2.51. The molecule has 12 rings (SSSR count). The van der Waals surface area contributed by atoms with Crippen molar-refractivity contribution in [2.24, 2.45) is 0 Å². The molecule has 6 aromatic carbocycles. The van der Waals surface area contributed by atoms with E-state index in [1.165, 1.54) is 43.9 Å². The third-order valence-electron chi connectivity index (χ3n) is 12.4. The highest BCUT2D eigenvalue weighted by atomic mass is 32.2. The van der Waals surface area contributed by atoms with Crippen LogP contribution in [0, 0.1) is 0 Å². The van der Waals surface area contributed by atoms with Gasteiger partial charge in [0.1, 0.15) is 11.5 Å². The smallest absolute Gasteiger partial charge is 0.161 e. The summed E-state index contributed by atoms with van der Waals surface area (Å²) in [7, 11) is 0. The van der Waals surface area contributed by atoms with Crippen LogP contribution >= 0.6 is 11.8 Å². The van der Waals surface area contributed by atoms with E-state index in [2.05, 4.69) is 182 Å². The van der Waals surface area contributed by atoms with Crippen molar-refractivity contribution in [3.8, 4) is 56.5 Å². The monoisotopic (exact) mass is 748 g/mol. The Bertz CT molecular complexity index is 2940. The first kappa shape index (κ1) is 32.7. The van der Waals surface area contributed by atoms with Crippen molar-refractivity contribution in [1.82, 2.24) is 9.97 Å². The Balaban J connectivity index is 1.02. The third kappa shape index (κ3) is 4.93. The quantitative estimate of drug-likeness (QED) is 0.180. The number of aromatic nitrogens is 2. The molecule has 270 valence electrons. The van der Waals surface area contributed by atoms with Crippen LogP contribution in [0.3, 0.4) is 0 Å². The van der Waals surface area contributed by atoms with Gasteiger partial charge in [-0.25, -0.2) is 9.97 Å². The zero-order valence-electron chi connectivity index (χ0n) is 31.1. The summed E-state index contributed by atoms with van der Waals surface area (Å²) in [6.07, 6.45) is 15.8. The number of fused-ring (bicyclic) bond motifs is 11. The Morgan fingerprint density at radius 3 is 2.19 bits per heavy atom. The van der Waals surface area contributed by atoms with Crippen LogP contribution in [0.4, 0.5) is 0 Å². The van der Waals surface area contributed by atoms with Gasteiger partial charge < -0.3 is 4.74 Å². The first-order valence-electron chi connectivity index (χ1n) is 19.9. The number of ether oxygens (including phenoxy) is 1. The van der Waals surface area contributed by atoms with E-state index in [1.807, 2.05) is 11.8 Å². The summed E-state index contributed by atoms with van der Waals surface area (Å²) in [4.78, 5) is 12.0. The molecule has 57 heavy (non-hydrogen) atoms. The van der Waals surface area contributed by atoms with Crippen LogP contribution in [-0.4, -0.2) is 15.2 Å². The fourth-order valence-electron chi connectivity index (χ4n) is 9.91. The molecule has 7 aromatic rings. The van der Waals surface area contributed by atoms with Gasteiger partial charge in [0, 0.05) is 43.9 Å². The number of thioether (sulfide) groups is 1. The van der Waals surface area contributed by atoms with Crippen molar-refractivity contribution in [1.29, 1.82) is 0 Å². The van der Waals surface area contributed by atoms with Crippen molar-refractivity contribution in [2.45, 2.75) is 34.3 Å². The number of para-hydroxylation sites is 1. The molecule has 3 heterocycles. The summed E-state index contributed by atoms with van der Waals surface area (Å²) in [5.74, 6) is 2.90. The van der Waals surface area contributed by atoms with Crippen LogP contribution in [0.1, 0.15) is 46.6 Å². The zero-order chi connectivity index (χ0) is 37.5. The lowest BCUT2D eigenvalue weighted by molar-refractivity contribution is 0.436. The van der Waals surface area contributed by atoms with E-state index < -0.39 is 5.41 Å². The summed E-state index contributed by atoms with van der Waals surface area (Å²) in [5.41, 5.74) is 15.9. The maximum atomic E-state index is 6.90.